The summed E-state index contributed by atoms with van der Waals surface area (Å²) in [6.07, 6.45) is 2.39. The Kier molecular flexibility index (Phi) is 4.50. The van der Waals surface area contributed by atoms with E-state index in [2.05, 4.69) is 27.3 Å². The van der Waals surface area contributed by atoms with Gasteiger partial charge in [0.15, 0.2) is 0 Å². The van der Waals surface area contributed by atoms with Crippen molar-refractivity contribution in [2.24, 2.45) is 0 Å². The maximum Gasteiger partial charge on any atom is 0.127 e. The standard InChI is InChI=1S/C13H14BrClN2O/c14-11-8-10(2-3-12(11)15)17-13(9-16)4-1-6-18-7-5-13/h2-3,8,17H,1,4-7H2. The van der Waals surface area contributed by atoms with Crippen molar-refractivity contribution in [3.63, 3.8) is 0 Å². The molecule has 0 saturated carbocycles. The van der Waals surface area contributed by atoms with Crippen LogP contribution in [0.4, 0.5) is 5.69 Å². The smallest absolute Gasteiger partial charge is 0.127 e. The minimum Gasteiger partial charge on any atom is -0.381 e. The quantitative estimate of drug-likeness (QED) is 0.892. The maximum atomic E-state index is 9.45. The van der Waals surface area contributed by atoms with Crippen molar-refractivity contribution in [2.75, 3.05) is 18.5 Å². The van der Waals surface area contributed by atoms with Crippen molar-refractivity contribution in [1.29, 1.82) is 5.26 Å². The van der Waals surface area contributed by atoms with Gasteiger partial charge >= 0.3 is 0 Å². The van der Waals surface area contributed by atoms with Gasteiger partial charge in [-0.05, 0) is 47.0 Å². The fraction of sp³-hybridized carbons (Fsp3) is 0.462. The molecule has 1 aromatic carbocycles. The molecule has 5 heteroatoms. The maximum absolute atomic E-state index is 9.45. The molecule has 1 atom stereocenters. The minimum atomic E-state index is -0.538. The van der Waals surface area contributed by atoms with E-state index in [0.717, 1.165) is 29.6 Å². The number of rotatable bonds is 2. The molecule has 3 nitrogen and oxygen atoms in total. The zero-order valence-corrected chi connectivity index (χ0v) is 12.2. The van der Waals surface area contributed by atoms with E-state index in [9.17, 15) is 5.26 Å². The van der Waals surface area contributed by atoms with E-state index < -0.39 is 5.54 Å². The number of nitrogens with zero attached hydrogens (tertiary/aromatic N) is 1. The normalized spacial score (nSPS) is 24.1. The number of hydrogen-bond acceptors (Lipinski definition) is 3. The van der Waals surface area contributed by atoms with Gasteiger partial charge in [-0.3, -0.25) is 0 Å². The van der Waals surface area contributed by atoms with Crippen molar-refractivity contribution in [3.8, 4) is 6.07 Å². The Balaban J connectivity index is 2.18. The van der Waals surface area contributed by atoms with Gasteiger partial charge in [0.05, 0.1) is 11.1 Å². The monoisotopic (exact) mass is 328 g/mol. The van der Waals surface area contributed by atoms with Crippen LogP contribution in [0.2, 0.25) is 5.02 Å². The predicted molar refractivity (Wildman–Crippen MR) is 75.8 cm³/mol. The summed E-state index contributed by atoms with van der Waals surface area (Å²) in [6.45, 7) is 1.35. The van der Waals surface area contributed by atoms with E-state index in [4.69, 9.17) is 16.3 Å². The summed E-state index contributed by atoms with van der Waals surface area (Å²) >= 11 is 9.34. The molecule has 0 amide bonds. The molecule has 1 N–H and O–H groups in total. The van der Waals surface area contributed by atoms with Crippen molar-refractivity contribution < 1.29 is 4.74 Å². The van der Waals surface area contributed by atoms with Gasteiger partial charge in [0.25, 0.3) is 0 Å². The van der Waals surface area contributed by atoms with Crippen LogP contribution in [-0.4, -0.2) is 18.8 Å². The predicted octanol–water partition coefficient (Wildman–Crippen LogP) is 3.98. The molecule has 1 unspecified atom stereocenters. The lowest BCUT2D eigenvalue weighted by Gasteiger charge is -2.27. The fourth-order valence-electron chi connectivity index (χ4n) is 2.06. The SMILES string of the molecule is N#CC1(Nc2ccc(Cl)c(Br)c2)CCCOCC1. The third-order valence-electron chi connectivity index (χ3n) is 3.08. The van der Waals surface area contributed by atoms with Crippen molar-refractivity contribution in [3.05, 3.63) is 27.7 Å². The van der Waals surface area contributed by atoms with Crippen LogP contribution in [0.25, 0.3) is 0 Å². The van der Waals surface area contributed by atoms with Crippen molar-refractivity contribution >= 4 is 33.2 Å². The molecule has 96 valence electrons. The fourth-order valence-corrected chi connectivity index (χ4v) is 2.56. The average Bonchev–Trinajstić information content (AvgIpc) is 2.60. The second kappa shape index (κ2) is 5.92. The molecule has 1 heterocycles. The lowest BCUT2D eigenvalue weighted by atomic mass is 9.92. The molecule has 0 aromatic heterocycles. The van der Waals surface area contributed by atoms with Crippen LogP contribution in [-0.2, 0) is 4.74 Å². The molecule has 1 fully saturated rings. The molecule has 1 aromatic rings. The Morgan fingerprint density at radius 1 is 1.39 bits per heavy atom. The van der Waals surface area contributed by atoms with E-state index in [1.54, 1.807) is 0 Å². The second-order valence-electron chi connectivity index (χ2n) is 4.41. The molecule has 18 heavy (non-hydrogen) atoms. The van der Waals surface area contributed by atoms with Crippen LogP contribution in [0.5, 0.6) is 0 Å². The molecule has 1 aliphatic heterocycles. The number of nitrogens with one attached hydrogen (secondary N) is 1. The van der Waals surface area contributed by atoms with E-state index in [1.807, 2.05) is 18.2 Å². The highest BCUT2D eigenvalue weighted by atomic mass is 79.9. The molecule has 0 aliphatic carbocycles. The molecule has 1 saturated heterocycles. The van der Waals surface area contributed by atoms with Crippen LogP contribution < -0.4 is 5.32 Å². The molecular weight excluding hydrogens is 316 g/mol. The summed E-state index contributed by atoms with van der Waals surface area (Å²) in [7, 11) is 0. The van der Waals surface area contributed by atoms with Gasteiger partial charge in [-0.1, -0.05) is 11.6 Å². The van der Waals surface area contributed by atoms with Crippen LogP contribution in [0.1, 0.15) is 19.3 Å². The number of benzene rings is 1. The number of halogens is 2. The first-order valence-electron chi connectivity index (χ1n) is 5.87. The summed E-state index contributed by atoms with van der Waals surface area (Å²) in [5, 5.41) is 13.4. The molecule has 0 radical (unpaired) electrons. The molecule has 0 bridgehead atoms. The number of hydrogen-bond donors (Lipinski definition) is 1. The molecule has 1 aliphatic rings. The Morgan fingerprint density at radius 3 is 2.94 bits per heavy atom. The van der Waals surface area contributed by atoms with Crippen molar-refractivity contribution in [1.82, 2.24) is 0 Å². The second-order valence-corrected chi connectivity index (χ2v) is 5.68. The van der Waals surface area contributed by atoms with Gasteiger partial charge in [0.1, 0.15) is 5.54 Å². The van der Waals surface area contributed by atoms with Gasteiger partial charge in [-0.25, -0.2) is 0 Å². The van der Waals surface area contributed by atoms with Gasteiger partial charge in [0.2, 0.25) is 0 Å². The highest BCUT2D eigenvalue weighted by Crippen LogP contribution is 2.30. The first-order chi connectivity index (χ1) is 8.65. The largest absolute Gasteiger partial charge is 0.381 e. The third kappa shape index (κ3) is 3.17. The zero-order chi connectivity index (χ0) is 13.0. The Hall–Kier alpha value is -0.760. The van der Waals surface area contributed by atoms with Crippen LogP contribution in [0, 0.1) is 11.3 Å². The highest BCUT2D eigenvalue weighted by molar-refractivity contribution is 9.10. The number of ether oxygens (including phenoxy) is 1. The molecular formula is C13H14BrClN2O. The lowest BCUT2D eigenvalue weighted by molar-refractivity contribution is 0.142. The molecule has 0 spiro atoms. The van der Waals surface area contributed by atoms with Gasteiger partial charge in [0, 0.05) is 29.8 Å². The summed E-state index contributed by atoms with van der Waals surface area (Å²) in [5.74, 6) is 0. The summed E-state index contributed by atoms with van der Waals surface area (Å²) < 4.78 is 6.24. The Morgan fingerprint density at radius 2 is 2.22 bits per heavy atom. The number of anilines is 1. The van der Waals surface area contributed by atoms with Crippen LogP contribution in [0.15, 0.2) is 22.7 Å². The summed E-state index contributed by atoms with van der Waals surface area (Å²) in [5.41, 5.74) is 0.360. The van der Waals surface area contributed by atoms with Gasteiger partial charge in [-0.15, -0.1) is 0 Å². The van der Waals surface area contributed by atoms with Gasteiger partial charge < -0.3 is 10.1 Å². The van der Waals surface area contributed by atoms with Crippen LogP contribution >= 0.6 is 27.5 Å². The van der Waals surface area contributed by atoms with E-state index in [-0.39, 0.29) is 0 Å². The van der Waals surface area contributed by atoms with Crippen molar-refractivity contribution in [2.45, 2.75) is 24.8 Å². The first kappa shape index (κ1) is 13.7. The first-order valence-corrected chi connectivity index (χ1v) is 7.05. The van der Waals surface area contributed by atoms with E-state index >= 15 is 0 Å². The van der Waals surface area contributed by atoms with Gasteiger partial charge in [-0.2, -0.15) is 5.26 Å². The van der Waals surface area contributed by atoms with Crippen LogP contribution in [0.3, 0.4) is 0 Å². The van der Waals surface area contributed by atoms with E-state index in [1.165, 1.54) is 0 Å². The lowest BCUT2D eigenvalue weighted by Crippen LogP contribution is -2.36. The molecule has 2 rings (SSSR count). The summed E-state index contributed by atoms with van der Waals surface area (Å²) in [4.78, 5) is 0. The Bertz CT molecular complexity index is 465. The summed E-state index contributed by atoms with van der Waals surface area (Å²) in [6, 6.07) is 8.00. The zero-order valence-electron chi connectivity index (χ0n) is 9.88. The minimum absolute atomic E-state index is 0.538. The highest BCUT2D eigenvalue weighted by Gasteiger charge is 2.31. The average molecular weight is 330 g/mol. The number of nitriles is 1. The third-order valence-corrected chi connectivity index (χ3v) is 4.30. The topological polar surface area (TPSA) is 45.0 Å². The van der Waals surface area contributed by atoms with E-state index in [0.29, 0.717) is 18.1 Å². The Labute approximate surface area is 120 Å².